The molecular weight excluding hydrogens is 176 g/mol. The number of aromatic hydroxyl groups is 1. The Morgan fingerprint density at radius 2 is 2.07 bits per heavy atom. The van der Waals surface area contributed by atoms with E-state index in [1.54, 1.807) is 12.1 Å². The molecule has 76 valence electrons. The standard InChI is InChI=1S/C12H16O2/c1-2-12-11(7-8-14-12)9-3-5-10(13)6-4-9/h3-6,11-13H,2,7-8H2,1H3/t11?,12-/m1/s1. The Balaban J connectivity index is 2.17. The number of hydrogen-bond donors (Lipinski definition) is 1. The maximum Gasteiger partial charge on any atom is 0.115 e. The summed E-state index contributed by atoms with van der Waals surface area (Å²) in [5, 5.41) is 9.19. The number of hydrogen-bond acceptors (Lipinski definition) is 2. The topological polar surface area (TPSA) is 29.5 Å². The van der Waals surface area contributed by atoms with Gasteiger partial charge in [-0.2, -0.15) is 0 Å². The zero-order chi connectivity index (χ0) is 9.97. The van der Waals surface area contributed by atoms with Gasteiger partial charge in [-0.1, -0.05) is 19.1 Å². The largest absolute Gasteiger partial charge is 0.508 e. The van der Waals surface area contributed by atoms with Crippen LogP contribution >= 0.6 is 0 Å². The highest BCUT2D eigenvalue weighted by Gasteiger charge is 2.27. The normalized spacial score (nSPS) is 26.6. The van der Waals surface area contributed by atoms with E-state index < -0.39 is 0 Å². The molecule has 1 heterocycles. The van der Waals surface area contributed by atoms with E-state index in [1.165, 1.54) is 5.56 Å². The summed E-state index contributed by atoms with van der Waals surface area (Å²) in [4.78, 5) is 0. The fourth-order valence-electron chi connectivity index (χ4n) is 2.15. The highest BCUT2D eigenvalue weighted by Crippen LogP contribution is 2.33. The minimum absolute atomic E-state index is 0.334. The summed E-state index contributed by atoms with van der Waals surface area (Å²) in [6.45, 7) is 3.02. The molecule has 1 aliphatic rings. The average Bonchev–Trinajstić information content (AvgIpc) is 2.67. The van der Waals surface area contributed by atoms with Crippen LogP contribution in [0.1, 0.15) is 31.2 Å². The summed E-state index contributed by atoms with van der Waals surface area (Å²) >= 11 is 0. The minimum atomic E-state index is 0.334. The van der Waals surface area contributed by atoms with Crippen molar-refractivity contribution in [3.05, 3.63) is 29.8 Å². The Kier molecular flexibility index (Phi) is 2.73. The second kappa shape index (κ2) is 4.01. The van der Waals surface area contributed by atoms with Gasteiger partial charge in [-0.3, -0.25) is 0 Å². The summed E-state index contributed by atoms with van der Waals surface area (Å²) in [6.07, 6.45) is 2.52. The summed E-state index contributed by atoms with van der Waals surface area (Å²) in [5.74, 6) is 0.848. The predicted molar refractivity (Wildman–Crippen MR) is 55.5 cm³/mol. The quantitative estimate of drug-likeness (QED) is 0.780. The van der Waals surface area contributed by atoms with Crippen LogP contribution in [0, 0.1) is 0 Å². The first-order chi connectivity index (χ1) is 6.81. The zero-order valence-electron chi connectivity index (χ0n) is 8.44. The molecular formula is C12H16O2. The van der Waals surface area contributed by atoms with E-state index in [-0.39, 0.29) is 0 Å². The van der Waals surface area contributed by atoms with Gasteiger partial charge in [0.05, 0.1) is 6.10 Å². The third-order valence-electron chi connectivity index (χ3n) is 2.93. The molecule has 0 radical (unpaired) electrons. The van der Waals surface area contributed by atoms with Gasteiger partial charge in [0, 0.05) is 12.5 Å². The zero-order valence-corrected chi connectivity index (χ0v) is 8.44. The van der Waals surface area contributed by atoms with Crippen LogP contribution in [0.5, 0.6) is 5.75 Å². The Bertz CT molecular complexity index is 292. The van der Waals surface area contributed by atoms with Gasteiger partial charge in [0.15, 0.2) is 0 Å². The van der Waals surface area contributed by atoms with E-state index in [4.69, 9.17) is 4.74 Å². The van der Waals surface area contributed by atoms with E-state index in [2.05, 4.69) is 6.92 Å². The summed E-state index contributed by atoms with van der Waals surface area (Å²) in [6, 6.07) is 7.50. The molecule has 1 saturated heterocycles. The van der Waals surface area contributed by atoms with Gasteiger partial charge in [0.25, 0.3) is 0 Å². The van der Waals surface area contributed by atoms with Gasteiger partial charge in [-0.25, -0.2) is 0 Å². The first-order valence-corrected chi connectivity index (χ1v) is 5.21. The molecule has 0 aromatic heterocycles. The van der Waals surface area contributed by atoms with Crippen LogP contribution in [0.25, 0.3) is 0 Å². The average molecular weight is 192 g/mol. The van der Waals surface area contributed by atoms with Crippen LogP contribution < -0.4 is 0 Å². The highest BCUT2D eigenvalue weighted by atomic mass is 16.5. The smallest absolute Gasteiger partial charge is 0.115 e. The van der Waals surface area contributed by atoms with Gasteiger partial charge in [0.1, 0.15) is 5.75 Å². The Morgan fingerprint density at radius 1 is 1.36 bits per heavy atom. The van der Waals surface area contributed by atoms with E-state index >= 15 is 0 Å². The summed E-state index contributed by atoms with van der Waals surface area (Å²) in [7, 11) is 0. The fourth-order valence-corrected chi connectivity index (χ4v) is 2.15. The molecule has 2 atom stereocenters. The third-order valence-corrected chi connectivity index (χ3v) is 2.93. The predicted octanol–water partition coefficient (Wildman–Crippen LogP) is 2.67. The molecule has 0 amide bonds. The molecule has 0 bridgehead atoms. The monoisotopic (exact) mass is 192 g/mol. The van der Waals surface area contributed by atoms with Crippen LogP contribution in [-0.4, -0.2) is 17.8 Å². The van der Waals surface area contributed by atoms with Crippen molar-refractivity contribution in [2.75, 3.05) is 6.61 Å². The number of phenolic OH excluding ortho intramolecular Hbond substituents is 1. The van der Waals surface area contributed by atoms with E-state index in [9.17, 15) is 5.11 Å². The van der Waals surface area contributed by atoms with Crippen molar-refractivity contribution in [3.8, 4) is 5.75 Å². The van der Waals surface area contributed by atoms with Crippen molar-refractivity contribution < 1.29 is 9.84 Å². The second-order valence-corrected chi connectivity index (χ2v) is 3.80. The molecule has 1 N–H and O–H groups in total. The van der Waals surface area contributed by atoms with Gasteiger partial charge in [-0.15, -0.1) is 0 Å². The first-order valence-electron chi connectivity index (χ1n) is 5.21. The lowest BCUT2D eigenvalue weighted by Gasteiger charge is -2.16. The van der Waals surface area contributed by atoms with Crippen molar-refractivity contribution in [2.24, 2.45) is 0 Å². The SMILES string of the molecule is CC[C@H]1OCCC1c1ccc(O)cc1. The first kappa shape index (κ1) is 9.53. The maximum absolute atomic E-state index is 9.19. The van der Waals surface area contributed by atoms with E-state index in [0.29, 0.717) is 17.8 Å². The van der Waals surface area contributed by atoms with Gasteiger partial charge in [0.2, 0.25) is 0 Å². The van der Waals surface area contributed by atoms with E-state index in [0.717, 1.165) is 19.4 Å². The van der Waals surface area contributed by atoms with E-state index in [1.807, 2.05) is 12.1 Å². The van der Waals surface area contributed by atoms with Crippen LogP contribution in [0.15, 0.2) is 24.3 Å². The molecule has 2 rings (SSSR count). The van der Waals surface area contributed by atoms with Gasteiger partial charge >= 0.3 is 0 Å². The van der Waals surface area contributed by atoms with Gasteiger partial charge in [-0.05, 0) is 30.5 Å². The second-order valence-electron chi connectivity index (χ2n) is 3.80. The molecule has 0 spiro atoms. The molecule has 2 nitrogen and oxygen atoms in total. The van der Waals surface area contributed by atoms with Crippen LogP contribution in [-0.2, 0) is 4.74 Å². The number of benzene rings is 1. The lowest BCUT2D eigenvalue weighted by Crippen LogP contribution is -2.12. The number of phenols is 1. The van der Waals surface area contributed by atoms with Crippen LogP contribution in [0.4, 0.5) is 0 Å². The van der Waals surface area contributed by atoms with Crippen molar-refractivity contribution in [1.29, 1.82) is 0 Å². The Hall–Kier alpha value is -1.02. The minimum Gasteiger partial charge on any atom is -0.508 e. The highest BCUT2D eigenvalue weighted by molar-refractivity contribution is 5.29. The number of rotatable bonds is 2. The molecule has 0 saturated carbocycles. The van der Waals surface area contributed by atoms with Crippen molar-refractivity contribution in [1.82, 2.24) is 0 Å². The Labute approximate surface area is 84.5 Å². The lowest BCUT2D eigenvalue weighted by atomic mass is 9.91. The lowest BCUT2D eigenvalue weighted by molar-refractivity contribution is 0.101. The van der Waals surface area contributed by atoms with Crippen LogP contribution in [0.3, 0.4) is 0 Å². The molecule has 2 heteroatoms. The van der Waals surface area contributed by atoms with Crippen LogP contribution in [0.2, 0.25) is 0 Å². The molecule has 1 fully saturated rings. The van der Waals surface area contributed by atoms with Crippen molar-refractivity contribution >= 4 is 0 Å². The molecule has 1 aromatic rings. The summed E-state index contributed by atoms with van der Waals surface area (Å²) < 4.78 is 5.64. The number of ether oxygens (including phenoxy) is 1. The fraction of sp³-hybridized carbons (Fsp3) is 0.500. The Morgan fingerprint density at radius 3 is 2.71 bits per heavy atom. The molecule has 0 aliphatic carbocycles. The molecule has 14 heavy (non-hydrogen) atoms. The van der Waals surface area contributed by atoms with Gasteiger partial charge < -0.3 is 9.84 Å². The van der Waals surface area contributed by atoms with Crippen molar-refractivity contribution in [2.45, 2.75) is 31.8 Å². The third kappa shape index (κ3) is 1.75. The maximum atomic E-state index is 9.19. The molecule has 1 aromatic carbocycles. The van der Waals surface area contributed by atoms with Crippen molar-refractivity contribution in [3.63, 3.8) is 0 Å². The summed E-state index contributed by atoms with van der Waals surface area (Å²) in [5.41, 5.74) is 1.28. The molecule has 1 unspecified atom stereocenters. The molecule has 1 aliphatic heterocycles.